The standard InChI is InChI=1S/C62H50N4/c1-61(2,3)39-25-29-43(30-26-39)63(41-17-9-7-10-18-41)53-35-33-45-49-37-56-50(38-55(49)65-51-23-15-13-21-47(51)57(53)59(45)65)46-34-36-54(58-48-22-14-16-24-52(48)66(56)60(46)58)64(42-19-11-8-12-20-42)44-31-27-40(28-32-44)62(4,5)6/h7-38H,1-6H3. The Kier molecular flexibility index (Phi) is 8.10. The highest BCUT2D eigenvalue weighted by molar-refractivity contribution is 6.32. The van der Waals surface area contributed by atoms with E-state index in [0.29, 0.717) is 0 Å². The first-order valence-corrected chi connectivity index (χ1v) is 23.3. The van der Waals surface area contributed by atoms with Crippen LogP contribution < -0.4 is 9.80 Å². The number of nitrogens with zero attached hydrogens (tertiary/aromatic N) is 4. The molecule has 0 saturated heterocycles. The lowest BCUT2D eigenvalue weighted by molar-refractivity contribution is 0.590. The van der Waals surface area contributed by atoms with Crippen molar-refractivity contribution in [1.29, 1.82) is 0 Å². The van der Waals surface area contributed by atoms with Crippen LogP contribution in [0.15, 0.2) is 194 Å². The van der Waals surface area contributed by atoms with Crippen LogP contribution in [0.3, 0.4) is 0 Å². The van der Waals surface area contributed by atoms with E-state index in [1.165, 1.54) is 98.7 Å². The number of anilines is 6. The molecule has 9 aromatic carbocycles. The molecule has 0 saturated carbocycles. The number of fused-ring (bicyclic) bond motifs is 12. The van der Waals surface area contributed by atoms with Gasteiger partial charge in [-0.1, -0.05) is 151 Å². The molecular formula is C62H50N4. The zero-order chi connectivity index (χ0) is 44.6. The Labute approximate surface area is 384 Å². The van der Waals surface area contributed by atoms with Crippen molar-refractivity contribution in [3.63, 3.8) is 0 Å². The fourth-order valence-corrected chi connectivity index (χ4v) is 11.1. The zero-order valence-corrected chi connectivity index (χ0v) is 38.3. The molecule has 0 fully saturated rings. The summed E-state index contributed by atoms with van der Waals surface area (Å²) in [6.07, 6.45) is 0. The average molecular weight is 851 g/mol. The van der Waals surface area contributed by atoms with Gasteiger partial charge in [0.15, 0.2) is 0 Å². The predicted octanol–water partition coefficient (Wildman–Crippen LogP) is 17.5. The van der Waals surface area contributed by atoms with Crippen molar-refractivity contribution in [2.45, 2.75) is 52.4 Å². The maximum Gasteiger partial charge on any atom is 0.0641 e. The second kappa shape index (κ2) is 13.8. The third-order valence-corrected chi connectivity index (χ3v) is 14.3. The van der Waals surface area contributed by atoms with Gasteiger partial charge in [0.05, 0.1) is 44.5 Å². The summed E-state index contributed by atoms with van der Waals surface area (Å²) in [6, 6.07) is 72.4. The summed E-state index contributed by atoms with van der Waals surface area (Å²) < 4.78 is 5.08. The van der Waals surface area contributed by atoms with Crippen LogP contribution in [0.4, 0.5) is 34.1 Å². The Morgan fingerprint density at radius 1 is 0.303 bits per heavy atom. The molecule has 13 rings (SSSR count). The number of rotatable bonds is 6. The highest BCUT2D eigenvalue weighted by Gasteiger charge is 2.28. The molecule has 4 heterocycles. The van der Waals surface area contributed by atoms with Crippen LogP contribution in [-0.4, -0.2) is 8.80 Å². The van der Waals surface area contributed by atoms with Gasteiger partial charge in [-0.2, -0.15) is 0 Å². The van der Waals surface area contributed by atoms with Crippen LogP contribution in [0, 0.1) is 0 Å². The number of aromatic nitrogens is 2. The van der Waals surface area contributed by atoms with Gasteiger partial charge in [0, 0.05) is 65.8 Å². The van der Waals surface area contributed by atoms with Gasteiger partial charge < -0.3 is 18.6 Å². The molecule has 0 aliphatic heterocycles. The highest BCUT2D eigenvalue weighted by Crippen LogP contribution is 2.51. The van der Waals surface area contributed by atoms with E-state index in [1.54, 1.807) is 0 Å². The maximum atomic E-state index is 2.54. The number of hydrogen-bond donors (Lipinski definition) is 0. The normalized spacial score (nSPS) is 12.7. The lowest BCUT2D eigenvalue weighted by Crippen LogP contribution is -2.13. The highest BCUT2D eigenvalue weighted by atomic mass is 15.2. The second-order valence-corrected chi connectivity index (χ2v) is 20.2. The SMILES string of the molecule is CC(C)(C)c1ccc(N(c2ccccc2)c2ccc3c4cc5c(cc4n4c6ccccc6c2c34)c2ccc(N(c3ccccc3)c3ccc(C(C)(C)C)cc3)c3c4ccccc4n5c23)cc1. The molecule has 4 aromatic heterocycles. The molecule has 0 unspecified atom stereocenters. The molecule has 4 heteroatoms. The molecule has 0 bridgehead atoms. The minimum Gasteiger partial charge on any atom is -0.310 e. The monoisotopic (exact) mass is 850 g/mol. The average Bonchev–Trinajstić information content (AvgIpc) is 4.06. The molecule has 4 nitrogen and oxygen atoms in total. The first-order chi connectivity index (χ1) is 32.0. The van der Waals surface area contributed by atoms with E-state index < -0.39 is 0 Å². The molecule has 66 heavy (non-hydrogen) atoms. The van der Waals surface area contributed by atoms with Gasteiger partial charge in [0.2, 0.25) is 0 Å². The van der Waals surface area contributed by atoms with Gasteiger partial charge in [-0.25, -0.2) is 0 Å². The third kappa shape index (κ3) is 5.51. The van der Waals surface area contributed by atoms with Crippen molar-refractivity contribution in [2.24, 2.45) is 0 Å². The van der Waals surface area contributed by atoms with Crippen LogP contribution in [0.25, 0.3) is 76.2 Å². The minimum atomic E-state index is 0.0617. The number of para-hydroxylation sites is 4. The van der Waals surface area contributed by atoms with Gasteiger partial charge in [-0.05, 0) is 107 Å². The van der Waals surface area contributed by atoms with Crippen LogP contribution in [0.1, 0.15) is 52.7 Å². The van der Waals surface area contributed by atoms with Gasteiger partial charge in [-0.3, -0.25) is 0 Å². The van der Waals surface area contributed by atoms with E-state index in [0.717, 1.165) is 22.7 Å². The Balaban J connectivity index is 1.08. The molecule has 0 aliphatic rings. The molecule has 0 radical (unpaired) electrons. The third-order valence-electron chi connectivity index (χ3n) is 14.3. The molecule has 0 amide bonds. The lowest BCUT2D eigenvalue weighted by atomic mass is 9.87. The minimum absolute atomic E-state index is 0.0617. The van der Waals surface area contributed by atoms with E-state index in [1.807, 2.05) is 0 Å². The lowest BCUT2D eigenvalue weighted by Gasteiger charge is -2.27. The molecular weight excluding hydrogens is 801 g/mol. The van der Waals surface area contributed by atoms with Gasteiger partial charge in [0.25, 0.3) is 0 Å². The Hall–Kier alpha value is -7.82. The number of hydrogen-bond acceptors (Lipinski definition) is 2. The maximum absolute atomic E-state index is 2.54. The van der Waals surface area contributed by atoms with Crippen LogP contribution in [0.5, 0.6) is 0 Å². The van der Waals surface area contributed by atoms with Crippen molar-refractivity contribution >= 4 is 110 Å². The quantitative estimate of drug-likeness (QED) is 0.166. The Morgan fingerprint density at radius 3 is 1.03 bits per heavy atom. The molecule has 13 aromatic rings. The molecule has 0 aliphatic carbocycles. The predicted molar refractivity (Wildman–Crippen MR) is 283 cm³/mol. The summed E-state index contributed by atoms with van der Waals surface area (Å²) in [5, 5.41) is 10.1. The van der Waals surface area contributed by atoms with E-state index in [9.17, 15) is 0 Å². The summed E-state index contributed by atoms with van der Waals surface area (Å²) in [6.45, 7) is 13.7. The van der Waals surface area contributed by atoms with E-state index >= 15 is 0 Å². The summed E-state index contributed by atoms with van der Waals surface area (Å²) in [5.41, 5.74) is 17.1. The van der Waals surface area contributed by atoms with Crippen LogP contribution >= 0.6 is 0 Å². The fourth-order valence-electron chi connectivity index (χ4n) is 11.1. The summed E-state index contributed by atoms with van der Waals surface area (Å²) >= 11 is 0. The fraction of sp³-hybridized carbons (Fsp3) is 0.129. The van der Waals surface area contributed by atoms with Gasteiger partial charge in [-0.15, -0.1) is 0 Å². The summed E-state index contributed by atoms with van der Waals surface area (Å²) in [7, 11) is 0. The van der Waals surface area contributed by atoms with Crippen molar-refractivity contribution in [3.05, 3.63) is 205 Å². The smallest absolute Gasteiger partial charge is 0.0641 e. The van der Waals surface area contributed by atoms with Crippen LogP contribution in [0.2, 0.25) is 0 Å². The molecule has 0 spiro atoms. The summed E-state index contributed by atoms with van der Waals surface area (Å²) in [4.78, 5) is 4.89. The first-order valence-electron chi connectivity index (χ1n) is 23.3. The van der Waals surface area contributed by atoms with Crippen molar-refractivity contribution in [3.8, 4) is 0 Å². The van der Waals surface area contributed by atoms with Crippen molar-refractivity contribution in [1.82, 2.24) is 8.80 Å². The molecule has 0 atom stereocenters. The van der Waals surface area contributed by atoms with Crippen molar-refractivity contribution in [2.75, 3.05) is 9.80 Å². The first kappa shape index (κ1) is 38.6. The summed E-state index contributed by atoms with van der Waals surface area (Å²) in [5.74, 6) is 0. The van der Waals surface area contributed by atoms with Gasteiger partial charge >= 0.3 is 0 Å². The Bertz CT molecular complexity index is 3710. The van der Waals surface area contributed by atoms with Crippen molar-refractivity contribution < 1.29 is 0 Å². The van der Waals surface area contributed by atoms with Gasteiger partial charge in [0.1, 0.15) is 0 Å². The van der Waals surface area contributed by atoms with E-state index in [2.05, 4.69) is 254 Å². The van der Waals surface area contributed by atoms with Crippen LogP contribution in [-0.2, 0) is 10.8 Å². The van der Waals surface area contributed by atoms with E-state index in [-0.39, 0.29) is 10.8 Å². The topological polar surface area (TPSA) is 15.3 Å². The largest absolute Gasteiger partial charge is 0.310 e. The second-order valence-electron chi connectivity index (χ2n) is 20.2. The Morgan fingerprint density at radius 2 is 0.652 bits per heavy atom. The number of benzene rings is 9. The molecule has 0 N–H and O–H groups in total. The zero-order valence-electron chi connectivity index (χ0n) is 38.3. The molecule has 318 valence electrons. The van der Waals surface area contributed by atoms with E-state index in [4.69, 9.17) is 0 Å².